The summed E-state index contributed by atoms with van der Waals surface area (Å²) in [5.41, 5.74) is 11.0. The summed E-state index contributed by atoms with van der Waals surface area (Å²) < 4.78 is 0. The van der Waals surface area contributed by atoms with Gasteiger partial charge in [0, 0.05) is 10.6 Å². The van der Waals surface area contributed by atoms with E-state index in [1.165, 1.54) is 11.8 Å². The predicted octanol–water partition coefficient (Wildman–Crippen LogP) is 1.60. The van der Waals surface area contributed by atoms with Crippen molar-refractivity contribution < 1.29 is 9.59 Å². The van der Waals surface area contributed by atoms with Crippen LogP contribution in [0.15, 0.2) is 23.1 Å². The van der Waals surface area contributed by atoms with Gasteiger partial charge in [-0.1, -0.05) is 11.6 Å². The van der Waals surface area contributed by atoms with Gasteiger partial charge >= 0.3 is 6.03 Å². The van der Waals surface area contributed by atoms with Crippen LogP contribution in [0.25, 0.3) is 0 Å². The van der Waals surface area contributed by atoms with E-state index in [1.54, 1.807) is 25.1 Å². The molecule has 1 atom stereocenters. The lowest BCUT2D eigenvalue weighted by molar-refractivity contribution is -0.119. The van der Waals surface area contributed by atoms with Crippen LogP contribution in [0.3, 0.4) is 0 Å². The van der Waals surface area contributed by atoms with Crippen molar-refractivity contribution in [1.82, 2.24) is 5.32 Å². The molecule has 1 aromatic rings. The van der Waals surface area contributed by atoms with Crippen LogP contribution in [0, 0.1) is 0 Å². The molecule has 5 N–H and O–H groups in total. The molecule has 0 aliphatic heterocycles. The highest BCUT2D eigenvalue weighted by Gasteiger charge is 2.17. The van der Waals surface area contributed by atoms with Gasteiger partial charge in [0.05, 0.1) is 10.3 Å². The Hall–Kier alpha value is -1.40. The zero-order valence-corrected chi connectivity index (χ0v) is 10.6. The Morgan fingerprint density at radius 2 is 2.12 bits per heavy atom. The van der Waals surface area contributed by atoms with Gasteiger partial charge in [-0.3, -0.25) is 10.1 Å². The molecule has 1 unspecified atom stereocenters. The van der Waals surface area contributed by atoms with E-state index in [0.717, 1.165) is 0 Å². The van der Waals surface area contributed by atoms with Crippen molar-refractivity contribution in [1.29, 1.82) is 0 Å². The molecule has 0 aliphatic rings. The average molecular weight is 274 g/mol. The first-order chi connectivity index (χ1) is 7.90. The minimum absolute atomic E-state index is 0.463. The standard InChI is InChI=1S/C10H12ClN3O2S/c1-5(9(15)14-10(13)16)17-8-3-2-6(12)4-7(8)11/h2-5H,12H2,1H3,(H3,13,14,15,16). The monoisotopic (exact) mass is 273 g/mol. The molecule has 0 aromatic heterocycles. The Morgan fingerprint density at radius 3 is 2.65 bits per heavy atom. The van der Waals surface area contributed by atoms with Crippen LogP contribution in [0.5, 0.6) is 0 Å². The molecule has 0 fully saturated rings. The molecule has 0 saturated carbocycles. The number of nitrogen functional groups attached to an aromatic ring is 1. The molecule has 17 heavy (non-hydrogen) atoms. The van der Waals surface area contributed by atoms with Crippen molar-refractivity contribution in [2.24, 2.45) is 5.73 Å². The third-order valence-corrected chi connectivity index (χ3v) is 3.48. The summed E-state index contributed by atoms with van der Waals surface area (Å²) in [6.07, 6.45) is 0. The largest absolute Gasteiger partial charge is 0.399 e. The van der Waals surface area contributed by atoms with Crippen molar-refractivity contribution in [3.63, 3.8) is 0 Å². The number of carbonyl (C=O) groups is 2. The summed E-state index contributed by atoms with van der Waals surface area (Å²) in [5.74, 6) is -0.463. The van der Waals surface area contributed by atoms with Crippen LogP contribution in [0.1, 0.15) is 6.92 Å². The van der Waals surface area contributed by atoms with E-state index in [9.17, 15) is 9.59 Å². The van der Waals surface area contributed by atoms with Crippen LogP contribution in [0.2, 0.25) is 5.02 Å². The summed E-state index contributed by atoms with van der Waals surface area (Å²) in [5, 5.41) is 1.99. The van der Waals surface area contributed by atoms with E-state index in [2.05, 4.69) is 0 Å². The van der Waals surface area contributed by atoms with Crippen LogP contribution in [0.4, 0.5) is 10.5 Å². The van der Waals surface area contributed by atoms with E-state index in [1.807, 2.05) is 5.32 Å². The minimum atomic E-state index is -0.870. The minimum Gasteiger partial charge on any atom is -0.399 e. The fourth-order valence-electron chi connectivity index (χ4n) is 1.08. The molecule has 0 bridgehead atoms. The zero-order chi connectivity index (χ0) is 13.0. The number of anilines is 1. The van der Waals surface area contributed by atoms with Gasteiger partial charge < -0.3 is 11.5 Å². The molecule has 5 nitrogen and oxygen atoms in total. The molecule has 1 rings (SSSR count). The van der Waals surface area contributed by atoms with Crippen molar-refractivity contribution in [2.75, 3.05) is 5.73 Å². The summed E-state index contributed by atoms with van der Waals surface area (Å²) >= 11 is 7.18. The summed E-state index contributed by atoms with van der Waals surface area (Å²) in [7, 11) is 0. The third kappa shape index (κ3) is 4.16. The highest BCUT2D eigenvalue weighted by Crippen LogP contribution is 2.31. The summed E-state index contributed by atoms with van der Waals surface area (Å²) in [6.45, 7) is 1.65. The number of imide groups is 1. The highest BCUT2D eigenvalue weighted by molar-refractivity contribution is 8.00. The quantitative estimate of drug-likeness (QED) is 0.575. The maximum atomic E-state index is 11.4. The molecule has 0 spiro atoms. The Labute approximate surface area is 108 Å². The van der Waals surface area contributed by atoms with Gasteiger partial charge in [-0.05, 0) is 25.1 Å². The first-order valence-corrected chi connectivity index (χ1v) is 5.98. The van der Waals surface area contributed by atoms with E-state index in [4.69, 9.17) is 23.1 Å². The smallest absolute Gasteiger partial charge is 0.318 e. The summed E-state index contributed by atoms with van der Waals surface area (Å²) in [4.78, 5) is 22.7. The lowest BCUT2D eigenvalue weighted by Gasteiger charge is -2.11. The lowest BCUT2D eigenvalue weighted by Crippen LogP contribution is -2.39. The van der Waals surface area contributed by atoms with Crippen molar-refractivity contribution in [3.8, 4) is 0 Å². The SMILES string of the molecule is CC(Sc1ccc(N)cc1Cl)C(=O)NC(N)=O. The topological polar surface area (TPSA) is 98.2 Å². The molecule has 1 aromatic carbocycles. The van der Waals surface area contributed by atoms with E-state index in [-0.39, 0.29) is 0 Å². The number of amides is 3. The Bertz CT molecular complexity index is 453. The fraction of sp³-hybridized carbons (Fsp3) is 0.200. The first kappa shape index (κ1) is 13.7. The van der Waals surface area contributed by atoms with Crippen LogP contribution in [-0.4, -0.2) is 17.2 Å². The number of hydrogen-bond donors (Lipinski definition) is 3. The van der Waals surface area contributed by atoms with Crippen LogP contribution < -0.4 is 16.8 Å². The number of hydrogen-bond acceptors (Lipinski definition) is 4. The van der Waals surface area contributed by atoms with Crippen molar-refractivity contribution in [3.05, 3.63) is 23.2 Å². The number of rotatable bonds is 3. The first-order valence-electron chi connectivity index (χ1n) is 4.72. The zero-order valence-electron chi connectivity index (χ0n) is 9.07. The Kier molecular flexibility index (Phi) is 4.65. The third-order valence-electron chi connectivity index (χ3n) is 1.88. The maximum absolute atomic E-state index is 11.4. The molecule has 0 aliphatic carbocycles. The average Bonchev–Trinajstić information content (AvgIpc) is 2.21. The summed E-state index contributed by atoms with van der Waals surface area (Å²) in [6, 6.07) is 4.14. The second-order valence-electron chi connectivity index (χ2n) is 3.30. The van der Waals surface area contributed by atoms with E-state index < -0.39 is 17.2 Å². The van der Waals surface area contributed by atoms with E-state index >= 15 is 0 Å². The van der Waals surface area contributed by atoms with Gasteiger partial charge in [-0.2, -0.15) is 0 Å². The fourth-order valence-corrected chi connectivity index (χ4v) is 2.27. The molecule has 0 radical (unpaired) electrons. The Balaban J connectivity index is 2.70. The van der Waals surface area contributed by atoms with Gasteiger partial charge in [-0.15, -0.1) is 11.8 Å². The van der Waals surface area contributed by atoms with Crippen molar-refractivity contribution >= 4 is 41.0 Å². The number of nitrogens with one attached hydrogen (secondary N) is 1. The Morgan fingerprint density at radius 1 is 1.47 bits per heavy atom. The van der Waals surface area contributed by atoms with Gasteiger partial charge in [0.25, 0.3) is 0 Å². The van der Waals surface area contributed by atoms with Gasteiger partial charge in [0.2, 0.25) is 5.91 Å². The molecule has 0 heterocycles. The normalized spacial score (nSPS) is 11.9. The number of halogens is 1. The number of thioether (sulfide) groups is 1. The van der Waals surface area contributed by atoms with Gasteiger partial charge in [0.15, 0.2) is 0 Å². The molecular formula is C10H12ClN3O2S. The number of primary amides is 1. The second-order valence-corrected chi connectivity index (χ2v) is 5.09. The van der Waals surface area contributed by atoms with Crippen LogP contribution in [-0.2, 0) is 4.79 Å². The second kappa shape index (κ2) is 5.79. The number of urea groups is 1. The van der Waals surface area contributed by atoms with E-state index in [0.29, 0.717) is 15.6 Å². The number of benzene rings is 1. The molecule has 3 amide bonds. The highest BCUT2D eigenvalue weighted by atomic mass is 35.5. The molecule has 0 saturated heterocycles. The number of carbonyl (C=O) groups excluding carboxylic acids is 2. The van der Waals surface area contributed by atoms with Gasteiger partial charge in [-0.25, -0.2) is 4.79 Å². The van der Waals surface area contributed by atoms with Crippen LogP contribution >= 0.6 is 23.4 Å². The van der Waals surface area contributed by atoms with Crippen molar-refractivity contribution in [2.45, 2.75) is 17.1 Å². The molecule has 7 heteroatoms. The number of nitrogens with two attached hydrogens (primary N) is 2. The predicted molar refractivity (Wildman–Crippen MR) is 68.9 cm³/mol. The maximum Gasteiger partial charge on any atom is 0.318 e. The van der Waals surface area contributed by atoms with Gasteiger partial charge in [0.1, 0.15) is 0 Å². The molecular weight excluding hydrogens is 262 g/mol. The lowest BCUT2D eigenvalue weighted by atomic mass is 10.3. The molecule has 92 valence electrons.